The van der Waals surface area contributed by atoms with Gasteiger partial charge in [0, 0.05) is 0 Å². The standard InChI is InChI=1S/C35H35P2/c1-6-18-31(19-7-1)30-37(34-24-12-4-13-25-34,35-26-14-5-15-27-35)29-17-16-28-36(32-20-8-2-9-21-32)33-22-10-3-11-23-33/h1-15,18-27H,16-17,28-30H2/q+1. The zero-order valence-corrected chi connectivity index (χ0v) is 23.2. The third-order valence-corrected chi connectivity index (χ3v) is 14.3. The second-order valence-corrected chi connectivity index (χ2v) is 15.6. The topological polar surface area (TPSA) is 0 Å². The summed E-state index contributed by atoms with van der Waals surface area (Å²) in [5, 5.41) is 6.03. The Balaban J connectivity index is 1.42. The Morgan fingerprint density at radius 1 is 0.432 bits per heavy atom. The molecule has 0 aliphatic rings. The van der Waals surface area contributed by atoms with Gasteiger partial charge in [-0.25, -0.2) is 0 Å². The van der Waals surface area contributed by atoms with Gasteiger partial charge < -0.3 is 0 Å². The van der Waals surface area contributed by atoms with Gasteiger partial charge in [0.05, 0.1) is 30.2 Å². The van der Waals surface area contributed by atoms with E-state index in [-0.39, 0.29) is 7.92 Å². The molecule has 0 saturated carbocycles. The molecule has 0 heterocycles. The lowest BCUT2D eigenvalue weighted by Crippen LogP contribution is -2.26. The maximum absolute atomic E-state index is 2.38. The zero-order valence-electron chi connectivity index (χ0n) is 21.4. The molecular weight excluding hydrogens is 482 g/mol. The quantitative estimate of drug-likeness (QED) is 0.124. The molecule has 0 amide bonds. The Morgan fingerprint density at radius 2 is 0.838 bits per heavy atom. The maximum Gasteiger partial charge on any atom is 0.0995 e. The summed E-state index contributed by atoms with van der Waals surface area (Å²) in [7, 11) is -1.96. The first-order valence-corrected chi connectivity index (χ1v) is 16.9. The number of hydrogen-bond donors (Lipinski definition) is 0. The van der Waals surface area contributed by atoms with Gasteiger partial charge in [0.1, 0.15) is 0 Å². The molecule has 5 aromatic rings. The van der Waals surface area contributed by atoms with Gasteiger partial charge in [-0.15, -0.1) is 0 Å². The molecule has 0 aromatic heterocycles. The van der Waals surface area contributed by atoms with Gasteiger partial charge in [-0.2, -0.15) is 0 Å². The van der Waals surface area contributed by atoms with Gasteiger partial charge in [0.2, 0.25) is 0 Å². The van der Waals surface area contributed by atoms with Gasteiger partial charge in [-0.05, 0) is 67.4 Å². The number of hydrogen-bond acceptors (Lipinski definition) is 0. The fourth-order valence-electron chi connectivity index (χ4n) is 5.27. The van der Waals surface area contributed by atoms with Crippen LogP contribution in [-0.2, 0) is 6.16 Å². The first kappa shape index (κ1) is 25.6. The van der Waals surface area contributed by atoms with E-state index in [1.54, 1.807) is 0 Å². The van der Waals surface area contributed by atoms with E-state index in [0.717, 1.165) is 6.16 Å². The van der Waals surface area contributed by atoms with Crippen molar-refractivity contribution in [2.75, 3.05) is 12.3 Å². The van der Waals surface area contributed by atoms with E-state index in [4.69, 9.17) is 0 Å². The lowest BCUT2D eigenvalue weighted by atomic mass is 10.2. The van der Waals surface area contributed by atoms with Crippen molar-refractivity contribution < 1.29 is 0 Å². The fourth-order valence-corrected chi connectivity index (χ4v) is 12.1. The summed E-state index contributed by atoms with van der Waals surface area (Å²) in [6.07, 6.45) is 6.07. The summed E-state index contributed by atoms with van der Waals surface area (Å²) < 4.78 is 0. The lowest BCUT2D eigenvalue weighted by molar-refractivity contribution is 0.896. The Morgan fingerprint density at radius 3 is 1.30 bits per heavy atom. The molecule has 5 aromatic carbocycles. The smallest absolute Gasteiger partial charge is 0.0622 e. The van der Waals surface area contributed by atoms with E-state index in [2.05, 4.69) is 152 Å². The normalized spacial score (nSPS) is 11.5. The molecule has 0 aliphatic heterocycles. The van der Waals surface area contributed by atoms with Crippen LogP contribution in [0.4, 0.5) is 0 Å². The highest BCUT2D eigenvalue weighted by Crippen LogP contribution is 2.60. The molecule has 2 heteroatoms. The van der Waals surface area contributed by atoms with Crippen molar-refractivity contribution in [1.82, 2.24) is 0 Å². The molecule has 0 fully saturated rings. The van der Waals surface area contributed by atoms with Gasteiger partial charge >= 0.3 is 0 Å². The number of rotatable bonds is 11. The summed E-state index contributed by atoms with van der Waals surface area (Å²) in [5.74, 6) is 0. The Labute approximate surface area is 224 Å². The molecule has 0 saturated heterocycles. The average Bonchev–Trinajstić information content (AvgIpc) is 2.99. The van der Waals surface area contributed by atoms with Crippen molar-refractivity contribution in [3.05, 3.63) is 157 Å². The van der Waals surface area contributed by atoms with Gasteiger partial charge in [-0.1, -0.05) is 127 Å². The lowest BCUT2D eigenvalue weighted by Gasteiger charge is -2.28. The molecular formula is C35H35P2+. The minimum absolute atomic E-state index is 0.343. The van der Waals surface area contributed by atoms with Crippen molar-refractivity contribution in [2.24, 2.45) is 0 Å². The van der Waals surface area contributed by atoms with E-state index >= 15 is 0 Å². The molecule has 0 spiro atoms. The third kappa shape index (κ3) is 6.45. The van der Waals surface area contributed by atoms with Crippen molar-refractivity contribution in [3.8, 4) is 0 Å². The maximum atomic E-state index is 2.38. The minimum Gasteiger partial charge on any atom is -0.0622 e. The highest BCUT2D eigenvalue weighted by Gasteiger charge is 2.42. The number of benzene rings is 5. The highest BCUT2D eigenvalue weighted by molar-refractivity contribution is 7.88. The average molecular weight is 518 g/mol. The SMILES string of the molecule is c1ccc(C[P+](CCCCP(c2ccccc2)c2ccccc2)(c2ccccc2)c2ccccc2)cc1. The van der Waals surface area contributed by atoms with Crippen molar-refractivity contribution in [2.45, 2.75) is 19.0 Å². The highest BCUT2D eigenvalue weighted by atomic mass is 31.2. The Kier molecular flexibility index (Phi) is 8.97. The van der Waals surface area contributed by atoms with E-state index in [1.807, 2.05) is 0 Å². The molecule has 0 radical (unpaired) electrons. The molecule has 0 bridgehead atoms. The summed E-state index contributed by atoms with van der Waals surface area (Å²) in [6.45, 7) is 0. The molecule has 184 valence electrons. The van der Waals surface area contributed by atoms with Gasteiger partial charge in [0.25, 0.3) is 0 Å². The van der Waals surface area contributed by atoms with E-state index in [1.165, 1.54) is 51.9 Å². The minimum atomic E-state index is -1.62. The van der Waals surface area contributed by atoms with E-state index < -0.39 is 7.26 Å². The fraction of sp³-hybridized carbons (Fsp3) is 0.143. The number of unbranched alkanes of at least 4 members (excludes halogenated alkanes) is 1. The van der Waals surface area contributed by atoms with Crippen LogP contribution >= 0.6 is 15.2 Å². The van der Waals surface area contributed by atoms with Crippen LogP contribution in [0.25, 0.3) is 0 Å². The summed E-state index contributed by atoms with van der Waals surface area (Å²) in [6, 6.07) is 56.1. The predicted octanol–water partition coefficient (Wildman–Crippen LogP) is 7.77. The van der Waals surface area contributed by atoms with Crippen LogP contribution in [0, 0.1) is 0 Å². The van der Waals surface area contributed by atoms with Crippen molar-refractivity contribution in [3.63, 3.8) is 0 Å². The van der Waals surface area contributed by atoms with Crippen LogP contribution in [0.15, 0.2) is 152 Å². The van der Waals surface area contributed by atoms with Gasteiger partial charge in [0.15, 0.2) is 0 Å². The summed E-state index contributed by atoms with van der Waals surface area (Å²) in [5.41, 5.74) is 1.44. The molecule has 0 atom stereocenters. The second-order valence-electron chi connectivity index (χ2n) is 9.54. The van der Waals surface area contributed by atoms with Crippen molar-refractivity contribution >= 4 is 36.4 Å². The largest absolute Gasteiger partial charge is 0.0995 e. The van der Waals surface area contributed by atoms with Crippen LogP contribution in [0.1, 0.15) is 18.4 Å². The van der Waals surface area contributed by atoms with Gasteiger partial charge in [-0.3, -0.25) is 0 Å². The van der Waals surface area contributed by atoms with Crippen LogP contribution in [0.3, 0.4) is 0 Å². The molecule has 0 N–H and O–H groups in total. The first-order chi connectivity index (χ1) is 18.4. The van der Waals surface area contributed by atoms with Crippen LogP contribution in [-0.4, -0.2) is 12.3 Å². The van der Waals surface area contributed by atoms with Crippen LogP contribution in [0.5, 0.6) is 0 Å². The molecule has 0 nitrogen and oxygen atoms in total. The summed E-state index contributed by atoms with van der Waals surface area (Å²) in [4.78, 5) is 0. The monoisotopic (exact) mass is 517 g/mol. The first-order valence-electron chi connectivity index (χ1n) is 13.3. The molecule has 37 heavy (non-hydrogen) atoms. The second kappa shape index (κ2) is 13.0. The molecule has 5 rings (SSSR count). The zero-order chi connectivity index (χ0) is 25.2. The van der Waals surface area contributed by atoms with E-state index in [9.17, 15) is 0 Å². The van der Waals surface area contributed by atoms with Crippen LogP contribution in [0.2, 0.25) is 0 Å². The van der Waals surface area contributed by atoms with Crippen molar-refractivity contribution in [1.29, 1.82) is 0 Å². The summed E-state index contributed by atoms with van der Waals surface area (Å²) >= 11 is 0. The predicted molar refractivity (Wildman–Crippen MR) is 167 cm³/mol. The van der Waals surface area contributed by atoms with E-state index in [0.29, 0.717) is 0 Å². The molecule has 0 unspecified atom stereocenters. The molecule has 0 aliphatic carbocycles. The Hall–Kier alpha value is -3.04. The third-order valence-electron chi connectivity index (χ3n) is 7.10. The Bertz CT molecular complexity index is 1240. The van der Waals surface area contributed by atoms with Crippen LogP contribution < -0.4 is 21.2 Å².